The Balaban J connectivity index is 2.42. The van der Waals surface area contributed by atoms with Gasteiger partial charge in [0, 0.05) is 12.7 Å². The number of alkyl halides is 3. The van der Waals surface area contributed by atoms with Crippen molar-refractivity contribution in [3.8, 4) is 0 Å². The number of likely N-dealkylation sites (N-methyl/N-ethyl adjacent to an activating group) is 1. The lowest BCUT2D eigenvalue weighted by atomic mass is 10.2. The van der Waals surface area contributed by atoms with Crippen molar-refractivity contribution in [2.45, 2.75) is 6.18 Å². The zero-order valence-electron chi connectivity index (χ0n) is 14.1. The van der Waals surface area contributed by atoms with Gasteiger partial charge >= 0.3 is 17.8 Å². The van der Waals surface area contributed by atoms with E-state index in [9.17, 15) is 28.1 Å². The first-order valence-corrected chi connectivity index (χ1v) is 7.35. The van der Waals surface area contributed by atoms with Crippen LogP contribution in [0.15, 0.2) is 30.6 Å². The number of hydrogen-bond donors (Lipinski definition) is 1. The maximum Gasteiger partial charge on any atom is 0.416 e. The summed E-state index contributed by atoms with van der Waals surface area (Å²) < 4.78 is 43.0. The summed E-state index contributed by atoms with van der Waals surface area (Å²) in [4.78, 5) is 30.8. The van der Waals surface area contributed by atoms with E-state index >= 15 is 0 Å². The Kier molecular flexibility index (Phi) is 5.78. The Bertz CT molecular complexity index is 860. The number of aromatic nitrogens is 2. The molecule has 0 radical (unpaired) electrons. The molecule has 0 fully saturated rings. The Morgan fingerprint density at radius 2 is 2.07 bits per heavy atom. The van der Waals surface area contributed by atoms with E-state index < -0.39 is 28.3 Å². The fourth-order valence-corrected chi connectivity index (χ4v) is 2.15. The molecule has 9 nitrogen and oxygen atoms in total. The first kappa shape index (κ1) is 19.9. The van der Waals surface area contributed by atoms with Crippen LogP contribution >= 0.6 is 0 Å². The number of esters is 1. The number of benzene rings is 1. The number of hydrogen-bond acceptors (Lipinski definition) is 8. The minimum Gasteiger partial charge on any atom is -0.468 e. The third-order valence-electron chi connectivity index (χ3n) is 3.39. The molecule has 144 valence electrons. The van der Waals surface area contributed by atoms with Gasteiger partial charge in [-0.1, -0.05) is 6.07 Å². The summed E-state index contributed by atoms with van der Waals surface area (Å²) in [5.41, 5.74) is -1.57. The van der Waals surface area contributed by atoms with E-state index in [1.807, 2.05) is 0 Å². The number of carbonyl (C=O) groups excluding carboxylic acids is 1. The van der Waals surface area contributed by atoms with Crippen LogP contribution in [0, 0.1) is 10.1 Å². The second-order valence-corrected chi connectivity index (χ2v) is 5.29. The van der Waals surface area contributed by atoms with Crippen LogP contribution < -0.4 is 10.2 Å². The van der Waals surface area contributed by atoms with Crippen LogP contribution in [0.3, 0.4) is 0 Å². The van der Waals surface area contributed by atoms with Crippen LogP contribution in [0.2, 0.25) is 0 Å². The molecule has 0 bridgehead atoms. The van der Waals surface area contributed by atoms with Crippen LogP contribution in [0.4, 0.5) is 36.2 Å². The highest BCUT2D eigenvalue weighted by Crippen LogP contribution is 2.35. The molecule has 1 heterocycles. The van der Waals surface area contributed by atoms with Crippen LogP contribution in [0.1, 0.15) is 5.56 Å². The summed E-state index contributed by atoms with van der Waals surface area (Å²) in [7, 11) is 2.53. The molecule has 0 aliphatic rings. The van der Waals surface area contributed by atoms with Crippen molar-refractivity contribution in [2.24, 2.45) is 0 Å². The summed E-state index contributed by atoms with van der Waals surface area (Å²) in [6.45, 7) is -0.322. The summed E-state index contributed by atoms with van der Waals surface area (Å²) in [6.07, 6.45) is -3.58. The quantitative estimate of drug-likeness (QED) is 0.459. The van der Waals surface area contributed by atoms with Gasteiger partial charge in [-0.15, -0.1) is 0 Å². The predicted molar refractivity (Wildman–Crippen MR) is 88.7 cm³/mol. The standard InChI is InChI=1S/C15H14F3N5O4/c1-22(7-11(24)27-2)14-12(23(25)26)13(19-8-20-14)21-10-5-3-4-9(6-10)15(16,17)18/h3-6,8H,7H2,1-2H3,(H,19,20,21). The Morgan fingerprint density at radius 3 is 2.67 bits per heavy atom. The Hall–Kier alpha value is -3.44. The van der Waals surface area contributed by atoms with Gasteiger partial charge in [-0.05, 0) is 18.2 Å². The highest BCUT2D eigenvalue weighted by atomic mass is 19.4. The number of ether oxygens (including phenoxy) is 1. The monoisotopic (exact) mass is 385 g/mol. The third-order valence-corrected chi connectivity index (χ3v) is 3.39. The molecule has 0 aliphatic heterocycles. The number of anilines is 3. The van der Waals surface area contributed by atoms with Gasteiger partial charge in [-0.25, -0.2) is 9.97 Å². The molecule has 0 amide bonds. The van der Waals surface area contributed by atoms with Crippen molar-refractivity contribution in [2.75, 3.05) is 30.9 Å². The molecule has 0 saturated carbocycles. The molecule has 0 spiro atoms. The number of halogens is 3. The van der Waals surface area contributed by atoms with Gasteiger partial charge in [0.05, 0.1) is 17.6 Å². The molecule has 0 saturated heterocycles. The van der Waals surface area contributed by atoms with Crippen molar-refractivity contribution < 1.29 is 27.6 Å². The van der Waals surface area contributed by atoms with Crippen molar-refractivity contribution in [3.63, 3.8) is 0 Å². The average Bonchev–Trinajstić information content (AvgIpc) is 2.60. The number of carbonyl (C=O) groups is 1. The fraction of sp³-hybridized carbons (Fsp3) is 0.267. The number of nitrogens with one attached hydrogen (secondary N) is 1. The third kappa shape index (κ3) is 4.80. The average molecular weight is 385 g/mol. The van der Waals surface area contributed by atoms with Crippen LogP contribution in [0.25, 0.3) is 0 Å². The van der Waals surface area contributed by atoms with Crippen molar-refractivity contribution >= 4 is 29.0 Å². The molecule has 27 heavy (non-hydrogen) atoms. The maximum absolute atomic E-state index is 12.8. The van der Waals surface area contributed by atoms with Crippen LogP contribution in [0.5, 0.6) is 0 Å². The summed E-state index contributed by atoms with van der Waals surface area (Å²) in [5, 5.41) is 14.0. The summed E-state index contributed by atoms with van der Waals surface area (Å²) in [5.74, 6) is -1.17. The van der Waals surface area contributed by atoms with E-state index in [4.69, 9.17) is 0 Å². The van der Waals surface area contributed by atoms with Gasteiger partial charge in [-0.2, -0.15) is 13.2 Å². The van der Waals surface area contributed by atoms with Gasteiger partial charge < -0.3 is 15.0 Å². The smallest absolute Gasteiger partial charge is 0.416 e. The molecule has 0 unspecified atom stereocenters. The molecule has 1 N–H and O–H groups in total. The molecule has 2 aromatic rings. The molecule has 1 aromatic heterocycles. The van der Waals surface area contributed by atoms with Gasteiger partial charge in [0.25, 0.3) is 0 Å². The van der Waals surface area contributed by atoms with E-state index in [0.717, 1.165) is 31.6 Å². The molecular weight excluding hydrogens is 371 g/mol. The summed E-state index contributed by atoms with van der Waals surface area (Å²) in [6, 6.07) is 4.13. The molecule has 0 aliphatic carbocycles. The zero-order valence-corrected chi connectivity index (χ0v) is 14.1. The minimum atomic E-state index is -4.57. The highest BCUT2D eigenvalue weighted by Gasteiger charge is 2.31. The lowest BCUT2D eigenvalue weighted by Crippen LogP contribution is -2.28. The van der Waals surface area contributed by atoms with Crippen LogP contribution in [-0.2, 0) is 15.7 Å². The minimum absolute atomic E-state index is 0.0480. The number of nitrogens with zero attached hydrogens (tertiary/aromatic N) is 4. The number of rotatable bonds is 6. The lowest BCUT2D eigenvalue weighted by molar-refractivity contribution is -0.383. The first-order valence-electron chi connectivity index (χ1n) is 7.35. The van der Waals surface area contributed by atoms with Crippen molar-refractivity contribution in [3.05, 3.63) is 46.3 Å². The van der Waals surface area contributed by atoms with E-state index in [1.54, 1.807) is 0 Å². The SMILES string of the molecule is COC(=O)CN(C)c1ncnc(Nc2cccc(C(F)(F)F)c2)c1[N+](=O)[O-]. The molecule has 0 atom stereocenters. The predicted octanol–water partition coefficient (Wildman–Crippen LogP) is 2.76. The second-order valence-electron chi connectivity index (χ2n) is 5.29. The molecular formula is C15H14F3N5O4. The normalized spacial score (nSPS) is 11.0. The van der Waals surface area contributed by atoms with E-state index in [2.05, 4.69) is 20.0 Å². The first-order chi connectivity index (χ1) is 12.6. The molecule has 2 rings (SSSR count). The Labute approximate surface area is 150 Å². The maximum atomic E-state index is 12.8. The zero-order chi connectivity index (χ0) is 20.2. The fourth-order valence-electron chi connectivity index (χ4n) is 2.15. The van der Waals surface area contributed by atoms with E-state index in [-0.39, 0.29) is 23.9 Å². The number of methoxy groups -OCH3 is 1. The summed E-state index contributed by atoms with van der Waals surface area (Å²) >= 11 is 0. The second kappa shape index (κ2) is 7.85. The van der Waals surface area contributed by atoms with Crippen LogP contribution in [-0.4, -0.2) is 41.6 Å². The topological polar surface area (TPSA) is 110 Å². The van der Waals surface area contributed by atoms with Gasteiger partial charge in [0.15, 0.2) is 0 Å². The van der Waals surface area contributed by atoms with E-state index in [1.165, 1.54) is 18.0 Å². The van der Waals surface area contributed by atoms with Gasteiger partial charge in [-0.3, -0.25) is 14.9 Å². The lowest BCUT2D eigenvalue weighted by Gasteiger charge is -2.17. The van der Waals surface area contributed by atoms with Crippen molar-refractivity contribution in [1.29, 1.82) is 0 Å². The van der Waals surface area contributed by atoms with Crippen molar-refractivity contribution in [1.82, 2.24) is 9.97 Å². The van der Waals surface area contributed by atoms with Gasteiger partial charge in [0.2, 0.25) is 11.6 Å². The van der Waals surface area contributed by atoms with Gasteiger partial charge in [0.1, 0.15) is 12.9 Å². The molecule has 12 heteroatoms. The molecule has 1 aromatic carbocycles. The largest absolute Gasteiger partial charge is 0.468 e. The van der Waals surface area contributed by atoms with E-state index in [0.29, 0.717) is 0 Å². The number of nitro groups is 1. The Morgan fingerprint density at radius 1 is 1.37 bits per heavy atom. The highest BCUT2D eigenvalue weighted by molar-refractivity contribution is 5.79.